The van der Waals surface area contributed by atoms with Crippen molar-refractivity contribution in [3.63, 3.8) is 0 Å². The minimum Gasteiger partial charge on any atom is -0.507 e. The molecule has 1 aliphatic rings. The van der Waals surface area contributed by atoms with E-state index in [9.17, 15) is 10.2 Å². The second-order valence-electron chi connectivity index (χ2n) is 12.9. The van der Waals surface area contributed by atoms with Crippen LogP contribution in [0.1, 0.15) is 53.5 Å². The molecule has 0 radical (unpaired) electrons. The zero-order valence-electron chi connectivity index (χ0n) is 28.6. The van der Waals surface area contributed by atoms with Gasteiger partial charge in [-0.3, -0.25) is 9.98 Å². The number of rotatable bonds is 11. The third-order valence-electron chi connectivity index (χ3n) is 9.22. The van der Waals surface area contributed by atoms with E-state index in [-0.39, 0.29) is 23.6 Å². The minimum atomic E-state index is -0.403. The number of hydrogen-bond acceptors (Lipinski definition) is 5. The summed E-state index contributed by atoms with van der Waals surface area (Å²) >= 11 is 1.91. The molecule has 6 rings (SSSR count). The highest BCUT2D eigenvalue weighted by atomic mass is 32.2. The maximum absolute atomic E-state index is 11.0. The van der Waals surface area contributed by atoms with E-state index in [2.05, 4.69) is 84.9 Å². The van der Waals surface area contributed by atoms with Crippen LogP contribution in [-0.4, -0.2) is 46.6 Å². The fraction of sp³-hybridized carbons (Fsp3) is 0.256. The molecule has 0 aromatic heterocycles. The molecule has 0 heterocycles. The van der Waals surface area contributed by atoms with Crippen LogP contribution in [-0.2, 0) is 0 Å². The lowest BCUT2D eigenvalue weighted by Gasteiger charge is -2.25. The molecule has 2 unspecified atom stereocenters. The third-order valence-corrected chi connectivity index (χ3v) is 13.0. The zero-order valence-corrected chi connectivity index (χ0v) is 30.3. The molecule has 2 atom stereocenters. The van der Waals surface area contributed by atoms with Gasteiger partial charge in [0.25, 0.3) is 0 Å². The first-order valence-electron chi connectivity index (χ1n) is 17.2. The standard InChI is InChI=1S/C43H45N2O2PS/c1-30-24-31(2)42(46)35(25-30)28-44-40-16-10-11-17-41(40)45-29-36-27-34(26-32(3)43(36)47)33-18-20-39(21-19-33)49-23-22-48(37-12-6-4-7-13-37)38-14-8-5-9-15-38/h4-9,12-15,18-21,24-29,40-41,46-47H,10-11,16-17,22-23H2,1-3H3. The van der Waals surface area contributed by atoms with Crippen LogP contribution in [0.5, 0.6) is 11.5 Å². The van der Waals surface area contributed by atoms with Gasteiger partial charge in [0.05, 0.1) is 12.1 Å². The number of nitrogens with zero attached hydrogens (tertiary/aromatic N) is 2. The molecule has 6 heteroatoms. The number of aryl methyl sites for hydroxylation is 3. The van der Waals surface area contributed by atoms with E-state index in [0.29, 0.717) is 0 Å². The van der Waals surface area contributed by atoms with Gasteiger partial charge in [-0.1, -0.05) is 91.7 Å². The summed E-state index contributed by atoms with van der Waals surface area (Å²) in [4.78, 5) is 11.1. The monoisotopic (exact) mass is 684 g/mol. The Kier molecular flexibility index (Phi) is 11.7. The quantitative estimate of drug-likeness (QED) is 0.0827. The fourth-order valence-corrected chi connectivity index (χ4v) is 10.1. The summed E-state index contributed by atoms with van der Waals surface area (Å²) in [5, 5.41) is 24.4. The van der Waals surface area contributed by atoms with Gasteiger partial charge in [0.15, 0.2) is 0 Å². The van der Waals surface area contributed by atoms with Crippen molar-refractivity contribution in [1.29, 1.82) is 0 Å². The van der Waals surface area contributed by atoms with E-state index in [1.807, 2.05) is 69.2 Å². The summed E-state index contributed by atoms with van der Waals surface area (Å²) in [6.07, 6.45) is 8.90. The number of benzene rings is 5. The van der Waals surface area contributed by atoms with Crippen LogP contribution in [0.2, 0.25) is 0 Å². The van der Waals surface area contributed by atoms with Crippen molar-refractivity contribution in [2.24, 2.45) is 9.98 Å². The van der Waals surface area contributed by atoms with Crippen LogP contribution in [0, 0.1) is 20.8 Å². The Morgan fingerprint density at radius 2 is 1.18 bits per heavy atom. The van der Waals surface area contributed by atoms with Crippen molar-refractivity contribution in [1.82, 2.24) is 0 Å². The van der Waals surface area contributed by atoms with Crippen molar-refractivity contribution in [3.8, 4) is 22.6 Å². The molecule has 1 saturated carbocycles. The molecule has 250 valence electrons. The molecule has 49 heavy (non-hydrogen) atoms. The molecule has 0 saturated heterocycles. The first-order valence-corrected chi connectivity index (χ1v) is 19.7. The van der Waals surface area contributed by atoms with Crippen molar-refractivity contribution < 1.29 is 10.2 Å². The summed E-state index contributed by atoms with van der Waals surface area (Å²) in [5.74, 6) is 1.60. The lowest BCUT2D eigenvalue weighted by molar-refractivity contribution is 0.390. The molecule has 0 aliphatic heterocycles. The van der Waals surface area contributed by atoms with Crippen LogP contribution in [0.3, 0.4) is 0 Å². The second-order valence-corrected chi connectivity index (χ2v) is 16.4. The number of thioether (sulfide) groups is 1. The van der Waals surface area contributed by atoms with Gasteiger partial charge in [-0.2, -0.15) is 0 Å². The first kappa shape index (κ1) is 34.7. The van der Waals surface area contributed by atoms with Crippen molar-refractivity contribution in [2.75, 3.05) is 11.9 Å². The molecular weight excluding hydrogens is 640 g/mol. The van der Waals surface area contributed by atoms with Crippen LogP contribution in [0.15, 0.2) is 124 Å². The summed E-state index contributed by atoms with van der Waals surface area (Å²) in [6.45, 7) is 5.89. The topological polar surface area (TPSA) is 65.2 Å². The van der Waals surface area contributed by atoms with E-state index in [0.717, 1.165) is 76.5 Å². The van der Waals surface area contributed by atoms with Crippen molar-refractivity contribution in [3.05, 3.63) is 137 Å². The summed E-state index contributed by atoms with van der Waals surface area (Å²) < 4.78 is 0. The molecule has 0 spiro atoms. The predicted octanol–water partition coefficient (Wildman–Crippen LogP) is 9.76. The average molecular weight is 685 g/mol. The van der Waals surface area contributed by atoms with Gasteiger partial charge in [0.2, 0.25) is 0 Å². The van der Waals surface area contributed by atoms with E-state index >= 15 is 0 Å². The number of aromatic hydroxyl groups is 2. The van der Waals surface area contributed by atoms with Gasteiger partial charge >= 0.3 is 0 Å². The molecule has 5 aromatic rings. The number of phenolic OH excluding ortho intramolecular Hbond substituents is 2. The van der Waals surface area contributed by atoms with Gasteiger partial charge in [-0.15, -0.1) is 11.8 Å². The maximum atomic E-state index is 11.0. The summed E-state index contributed by atoms with van der Waals surface area (Å²) in [5.41, 5.74) is 6.45. The highest BCUT2D eigenvalue weighted by molar-refractivity contribution is 7.99. The summed E-state index contributed by atoms with van der Waals surface area (Å²) in [6, 6.07) is 38.7. The Morgan fingerprint density at radius 1 is 0.653 bits per heavy atom. The van der Waals surface area contributed by atoms with Crippen LogP contribution < -0.4 is 10.6 Å². The van der Waals surface area contributed by atoms with Gasteiger partial charge in [0.1, 0.15) is 11.5 Å². The van der Waals surface area contributed by atoms with E-state index in [4.69, 9.17) is 9.98 Å². The molecule has 4 nitrogen and oxygen atoms in total. The van der Waals surface area contributed by atoms with E-state index in [1.165, 1.54) is 15.5 Å². The Morgan fingerprint density at radius 3 is 1.76 bits per heavy atom. The van der Waals surface area contributed by atoms with Gasteiger partial charge in [-0.25, -0.2) is 0 Å². The number of phenols is 2. The minimum absolute atomic E-state index is 0.0301. The fourth-order valence-electron chi connectivity index (χ4n) is 6.58. The maximum Gasteiger partial charge on any atom is 0.127 e. The lowest BCUT2D eigenvalue weighted by Crippen LogP contribution is -2.27. The Labute approximate surface area is 296 Å². The predicted molar refractivity (Wildman–Crippen MR) is 212 cm³/mol. The van der Waals surface area contributed by atoms with E-state index in [1.54, 1.807) is 0 Å². The molecule has 1 fully saturated rings. The Hall–Kier alpha value is -4.18. The zero-order chi connectivity index (χ0) is 34.2. The van der Waals surface area contributed by atoms with Gasteiger partial charge in [-0.05, 0) is 116 Å². The van der Waals surface area contributed by atoms with Crippen LogP contribution >= 0.6 is 19.7 Å². The number of aliphatic imine (C=N–C) groups is 2. The molecule has 0 amide bonds. The molecular formula is C43H45N2O2PS. The smallest absolute Gasteiger partial charge is 0.127 e. The van der Waals surface area contributed by atoms with Gasteiger partial charge in [0, 0.05) is 34.2 Å². The molecule has 2 N–H and O–H groups in total. The summed E-state index contributed by atoms with van der Waals surface area (Å²) in [7, 11) is -0.403. The number of hydrogen-bond donors (Lipinski definition) is 2. The largest absolute Gasteiger partial charge is 0.507 e. The van der Waals surface area contributed by atoms with Crippen LogP contribution in [0.4, 0.5) is 0 Å². The molecule has 5 aromatic carbocycles. The lowest BCUT2D eigenvalue weighted by atomic mass is 9.91. The second kappa shape index (κ2) is 16.5. The average Bonchev–Trinajstić information content (AvgIpc) is 3.13. The van der Waals surface area contributed by atoms with Crippen LogP contribution in [0.25, 0.3) is 11.1 Å². The third kappa shape index (κ3) is 8.90. The van der Waals surface area contributed by atoms with Crippen molar-refractivity contribution >= 4 is 42.7 Å². The first-order chi connectivity index (χ1) is 23.9. The van der Waals surface area contributed by atoms with Gasteiger partial charge < -0.3 is 10.2 Å². The Bertz CT molecular complexity index is 1870. The van der Waals surface area contributed by atoms with Crippen molar-refractivity contribution in [2.45, 2.75) is 63.4 Å². The highest BCUT2D eigenvalue weighted by Crippen LogP contribution is 2.36. The normalized spacial score (nSPS) is 16.6. The molecule has 1 aliphatic carbocycles. The molecule has 0 bridgehead atoms. The highest BCUT2D eigenvalue weighted by Gasteiger charge is 2.24. The SMILES string of the molecule is Cc1cc(C)c(O)c(C=NC2CCCCC2N=Cc2cc(-c3ccc(SCCP(c4ccccc4)c4ccccc4)cc3)cc(C)c2O)c1. The van der Waals surface area contributed by atoms with E-state index < -0.39 is 7.92 Å². The Balaban J connectivity index is 1.13.